The second-order valence-corrected chi connectivity index (χ2v) is 2.26. The topological polar surface area (TPSA) is 43.1 Å². The van der Waals surface area contributed by atoms with Crippen LogP contribution in [0.15, 0.2) is 11.6 Å². The standard InChI is InChI=1S/C7H13NO/c1-4-6(5(2)3)7(8)9/h4-5H,1-3H3,(H2,8,9)/b6-4-. The van der Waals surface area contributed by atoms with Crippen LogP contribution in [0.5, 0.6) is 0 Å². The van der Waals surface area contributed by atoms with Crippen molar-refractivity contribution in [1.82, 2.24) is 0 Å². The molecule has 0 saturated carbocycles. The van der Waals surface area contributed by atoms with Crippen molar-refractivity contribution in [3.8, 4) is 0 Å². The van der Waals surface area contributed by atoms with Gasteiger partial charge < -0.3 is 5.73 Å². The number of hydrogen-bond donors (Lipinski definition) is 1. The van der Waals surface area contributed by atoms with E-state index in [0.29, 0.717) is 5.57 Å². The zero-order valence-electron chi connectivity index (χ0n) is 6.14. The second kappa shape index (κ2) is 3.28. The summed E-state index contributed by atoms with van der Waals surface area (Å²) in [5.41, 5.74) is 5.74. The Balaban J connectivity index is 4.19. The maximum atomic E-state index is 10.5. The number of amides is 1. The molecule has 9 heavy (non-hydrogen) atoms. The van der Waals surface area contributed by atoms with Gasteiger partial charge in [0.25, 0.3) is 0 Å². The van der Waals surface area contributed by atoms with E-state index in [9.17, 15) is 4.79 Å². The molecular weight excluding hydrogens is 114 g/mol. The summed E-state index contributed by atoms with van der Waals surface area (Å²) < 4.78 is 0. The van der Waals surface area contributed by atoms with Crippen molar-refractivity contribution in [3.63, 3.8) is 0 Å². The Morgan fingerprint density at radius 2 is 2.00 bits per heavy atom. The average molecular weight is 127 g/mol. The monoisotopic (exact) mass is 127 g/mol. The van der Waals surface area contributed by atoms with Gasteiger partial charge in [0.05, 0.1) is 0 Å². The van der Waals surface area contributed by atoms with Gasteiger partial charge in [-0.3, -0.25) is 4.79 Å². The van der Waals surface area contributed by atoms with Gasteiger partial charge in [-0.05, 0) is 12.8 Å². The van der Waals surface area contributed by atoms with Crippen LogP contribution < -0.4 is 5.73 Å². The van der Waals surface area contributed by atoms with Crippen LogP contribution in [0.1, 0.15) is 20.8 Å². The molecular formula is C7H13NO. The van der Waals surface area contributed by atoms with Crippen molar-refractivity contribution in [1.29, 1.82) is 0 Å². The minimum atomic E-state index is -0.312. The van der Waals surface area contributed by atoms with E-state index >= 15 is 0 Å². The largest absolute Gasteiger partial charge is 0.366 e. The van der Waals surface area contributed by atoms with Crippen molar-refractivity contribution in [2.75, 3.05) is 0 Å². The first-order chi connectivity index (χ1) is 4.09. The number of rotatable bonds is 2. The van der Waals surface area contributed by atoms with E-state index in [1.165, 1.54) is 0 Å². The molecule has 0 aliphatic rings. The third-order valence-corrected chi connectivity index (χ3v) is 1.22. The molecule has 0 aromatic carbocycles. The third-order valence-electron chi connectivity index (χ3n) is 1.22. The van der Waals surface area contributed by atoms with Gasteiger partial charge in [0.2, 0.25) is 5.91 Å². The molecule has 0 radical (unpaired) electrons. The van der Waals surface area contributed by atoms with Crippen LogP contribution in [-0.2, 0) is 4.79 Å². The lowest BCUT2D eigenvalue weighted by Crippen LogP contribution is -2.17. The molecule has 0 aromatic heterocycles. The fraction of sp³-hybridized carbons (Fsp3) is 0.571. The van der Waals surface area contributed by atoms with Crippen LogP contribution in [0, 0.1) is 5.92 Å². The van der Waals surface area contributed by atoms with E-state index in [1.54, 1.807) is 6.08 Å². The summed E-state index contributed by atoms with van der Waals surface area (Å²) in [5, 5.41) is 0. The highest BCUT2D eigenvalue weighted by Gasteiger charge is 2.06. The SMILES string of the molecule is C/C=C(\C(N)=O)C(C)C. The van der Waals surface area contributed by atoms with E-state index < -0.39 is 0 Å². The summed E-state index contributed by atoms with van der Waals surface area (Å²) in [7, 11) is 0. The maximum absolute atomic E-state index is 10.5. The van der Waals surface area contributed by atoms with E-state index in [0.717, 1.165) is 0 Å². The highest BCUT2D eigenvalue weighted by Crippen LogP contribution is 2.06. The summed E-state index contributed by atoms with van der Waals surface area (Å²) in [5.74, 6) is -0.0694. The number of nitrogens with two attached hydrogens (primary N) is 1. The van der Waals surface area contributed by atoms with E-state index in [4.69, 9.17) is 5.73 Å². The molecule has 0 aliphatic heterocycles. The number of allylic oxidation sites excluding steroid dienone is 1. The molecule has 1 amide bonds. The second-order valence-electron chi connectivity index (χ2n) is 2.26. The highest BCUT2D eigenvalue weighted by molar-refractivity contribution is 5.92. The Morgan fingerprint density at radius 3 is 2.00 bits per heavy atom. The first-order valence-corrected chi connectivity index (χ1v) is 3.05. The fourth-order valence-corrected chi connectivity index (χ4v) is 0.760. The van der Waals surface area contributed by atoms with Gasteiger partial charge in [0.15, 0.2) is 0 Å². The summed E-state index contributed by atoms with van der Waals surface area (Å²) >= 11 is 0. The number of carbonyl (C=O) groups excluding carboxylic acids is 1. The molecule has 0 heterocycles. The minimum absolute atomic E-state index is 0.243. The third kappa shape index (κ3) is 2.31. The zero-order valence-corrected chi connectivity index (χ0v) is 6.14. The predicted molar refractivity (Wildman–Crippen MR) is 37.8 cm³/mol. The summed E-state index contributed by atoms with van der Waals surface area (Å²) in [6, 6.07) is 0. The van der Waals surface area contributed by atoms with Crippen LogP contribution in [0.25, 0.3) is 0 Å². The molecule has 2 N–H and O–H groups in total. The van der Waals surface area contributed by atoms with Crippen molar-refractivity contribution >= 4 is 5.91 Å². The Bertz CT molecular complexity index is 136. The molecule has 0 spiro atoms. The number of primary amides is 1. The van der Waals surface area contributed by atoms with E-state index in [1.807, 2.05) is 20.8 Å². The lowest BCUT2D eigenvalue weighted by molar-refractivity contribution is -0.115. The van der Waals surface area contributed by atoms with E-state index in [-0.39, 0.29) is 11.8 Å². The normalized spacial score (nSPS) is 12.2. The van der Waals surface area contributed by atoms with Gasteiger partial charge in [0.1, 0.15) is 0 Å². The molecule has 2 nitrogen and oxygen atoms in total. The van der Waals surface area contributed by atoms with Gasteiger partial charge in [-0.1, -0.05) is 19.9 Å². The van der Waals surface area contributed by atoms with Crippen LogP contribution in [0.2, 0.25) is 0 Å². The summed E-state index contributed by atoms with van der Waals surface area (Å²) in [6.45, 7) is 5.71. The Hall–Kier alpha value is -0.790. The minimum Gasteiger partial charge on any atom is -0.366 e. The van der Waals surface area contributed by atoms with Gasteiger partial charge in [-0.15, -0.1) is 0 Å². The predicted octanol–water partition coefficient (Wildman–Crippen LogP) is 1.07. The lowest BCUT2D eigenvalue weighted by Gasteiger charge is -2.03. The van der Waals surface area contributed by atoms with Crippen LogP contribution in [0.4, 0.5) is 0 Å². The van der Waals surface area contributed by atoms with Crippen LogP contribution >= 0.6 is 0 Å². The van der Waals surface area contributed by atoms with Crippen LogP contribution in [0.3, 0.4) is 0 Å². The molecule has 0 saturated heterocycles. The summed E-state index contributed by atoms with van der Waals surface area (Å²) in [6.07, 6.45) is 1.76. The average Bonchev–Trinajstić information content (AvgIpc) is 1.64. The zero-order chi connectivity index (χ0) is 7.44. The smallest absolute Gasteiger partial charge is 0.244 e. The van der Waals surface area contributed by atoms with Gasteiger partial charge >= 0.3 is 0 Å². The molecule has 2 heteroatoms. The molecule has 0 fully saturated rings. The Labute approximate surface area is 55.7 Å². The highest BCUT2D eigenvalue weighted by atomic mass is 16.1. The molecule has 0 bridgehead atoms. The van der Waals surface area contributed by atoms with Crippen molar-refractivity contribution in [3.05, 3.63) is 11.6 Å². The van der Waals surface area contributed by atoms with Crippen molar-refractivity contribution in [2.24, 2.45) is 11.7 Å². The molecule has 0 aliphatic carbocycles. The van der Waals surface area contributed by atoms with Crippen LogP contribution in [-0.4, -0.2) is 5.91 Å². The van der Waals surface area contributed by atoms with Crippen molar-refractivity contribution < 1.29 is 4.79 Å². The van der Waals surface area contributed by atoms with Gasteiger partial charge in [-0.25, -0.2) is 0 Å². The van der Waals surface area contributed by atoms with Gasteiger partial charge in [-0.2, -0.15) is 0 Å². The first-order valence-electron chi connectivity index (χ1n) is 3.05. The lowest BCUT2D eigenvalue weighted by atomic mass is 10.0. The van der Waals surface area contributed by atoms with Gasteiger partial charge in [0, 0.05) is 5.57 Å². The fourth-order valence-electron chi connectivity index (χ4n) is 0.760. The molecule has 52 valence electrons. The molecule has 0 unspecified atom stereocenters. The molecule has 0 rings (SSSR count). The first kappa shape index (κ1) is 8.21. The maximum Gasteiger partial charge on any atom is 0.244 e. The quantitative estimate of drug-likeness (QED) is 0.554. The molecule has 0 aromatic rings. The number of carbonyl (C=O) groups is 1. The van der Waals surface area contributed by atoms with Crippen molar-refractivity contribution in [2.45, 2.75) is 20.8 Å². The number of hydrogen-bond acceptors (Lipinski definition) is 1. The molecule has 0 atom stereocenters. The van der Waals surface area contributed by atoms with E-state index in [2.05, 4.69) is 0 Å². The Kier molecular flexibility index (Phi) is 2.99. The Morgan fingerprint density at radius 1 is 1.56 bits per heavy atom. The summed E-state index contributed by atoms with van der Waals surface area (Å²) in [4.78, 5) is 10.5.